The van der Waals surface area contributed by atoms with Crippen molar-refractivity contribution in [2.45, 2.75) is 19.1 Å². The Morgan fingerprint density at radius 2 is 1.89 bits per heavy atom. The molecule has 0 radical (unpaired) electrons. The highest BCUT2D eigenvalue weighted by atomic mass is 35.5. The van der Waals surface area contributed by atoms with E-state index in [1.165, 1.54) is 7.11 Å². The first-order valence-electron chi connectivity index (χ1n) is 5.59. The van der Waals surface area contributed by atoms with Crippen LogP contribution in [-0.4, -0.2) is 18.8 Å². The number of aliphatic hydroxyl groups is 1. The Bertz CT molecular complexity index is 406. The molecular weight excluding hydrogens is 275 g/mol. The van der Waals surface area contributed by atoms with Gasteiger partial charge in [0, 0.05) is 18.6 Å². The summed E-state index contributed by atoms with van der Waals surface area (Å²) in [5.74, 6) is -1.69. The van der Waals surface area contributed by atoms with Crippen molar-refractivity contribution in [3.63, 3.8) is 0 Å². The van der Waals surface area contributed by atoms with Crippen LogP contribution in [0.2, 0.25) is 10.0 Å². The van der Waals surface area contributed by atoms with Gasteiger partial charge in [-0.15, -0.1) is 0 Å². The normalized spacial score (nSPS) is 16.3. The molecule has 2 atom stereocenters. The van der Waals surface area contributed by atoms with E-state index in [2.05, 4.69) is 0 Å². The molecule has 0 saturated heterocycles. The maximum atomic E-state index is 10.6. The summed E-state index contributed by atoms with van der Waals surface area (Å²) in [6.45, 7) is 2.29. The van der Waals surface area contributed by atoms with Crippen LogP contribution in [0.1, 0.15) is 18.9 Å². The Morgan fingerprint density at radius 1 is 1.39 bits per heavy atom. The van der Waals surface area contributed by atoms with E-state index in [-0.39, 0.29) is 21.7 Å². The molecule has 1 aromatic rings. The largest absolute Gasteiger partial charge is 0.396 e. The van der Waals surface area contributed by atoms with Crippen molar-refractivity contribution >= 4 is 28.9 Å². The van der Waals surface area contributed by atoms with Crippen LogP contribution < -0.4 is 11.5 Å². The van der Waals surface area contributed by atoms with Gasteiger partial charge in [0.05, 0.1) is 15.7 Å². The van der Waals surface area contributed by atoms with Gasteiger partial charge in [-0.3, -0.25) is 0 Å². The SMILES string of the molecule is COC(O)(c1cc(Cl)c(N)c(Cl)c1)C(C)CCN. The van der Waals surface area contributed by atoms with E-state index in [9.17, 15) is 5.11 Å². The van der Waals surface area contributed by atoms with Crippen molar-refractivity contribution < 1.29 is 9.84 Å². The lowest BCUT2D eigenvalue weighted by molar-refractivity contribution is -0.228. The third kappa shape index (κ3) is 2.90. The minimum atomic E-state index is -1.49. The van der Waals surface area contributed by atoms with Crippen molar-refractivity contribution in [1.29, 1.82) is 0 Å². The van der Waals surface area contributed by atoms with Crippen molar-refractivity contribution in [3.8, 4) is 0 Å². The Balaban J connectivity index is 3.23. The smallest absolute Gasteiger partial charge is 0.194 e. The Kier molecular flexibility index (Phi) is 5.25. The zero-order chi connectivity index (χ0) is 13.9. The van der Waals surface area contributed by atoms with Crippen LogP contribution in [0.25, 0.3) is 0 Å². The summed E-state index contributed by atoms with van der Waals surface area (Å²) in [7, 11) is 1.42. The van der Waals surface area contributed by atoms with Crippen molar-refractivity contribution in [1.82, 2.24) is 0 Å². The molecule has 4 nitrogen and oxygen atoms in total. The number of rotatable bonds is 5. The van der Waals surface area contributed by atoms with E-state index in [1.807, 2.05) is 6.92 Å². The number of nitrogens with two attached hydrogens (primary N) is 2. The second-order valence-electron chi connectivity index (χ2n) is 4.23. The van der Waals surface area contributed by atoms with Crippen molar-refractivity contribution in [2.75, 3.05) is 19.4 Å². The first kappa shape index (κ1) is 15.5. The molecule has 0 bridgehead atoms. The molecule has 0 aromatic heterocycles. The number of anilines is 1. The van der Waals surface area contributed by atoms with Gasteiger partial charge in [0.2, 0.25) is 0 Å². The minimum absolute atomic E-state index is 0.205. The van der Waals surface area contributed by atoms with Crippen LogP contribution in [-0.2, 0) is 10.5 Å². The first-order chi connectivity index (χ1) is 8.36. The zero-order valence-electron chi connectivity index (χ0n) is 10.4. The van der Waals surface area contributed by atoms with Crippen LogP contribution in [0.4, 0.5) is 5.69 Å². The molecular formula is C12H18Cl2N2O2. The molecule has 0 aliphatic carbocycles. The number of nitrogen functional groups attached to an aromatic ring is 1. The van der Waals surface area contributed by atoms with E-state index in [1.54, 1.807) is 12.1 Å². The lowest BCUT2D eigenvalue weighted by Crippen LogP contribution is -2.36. The lowest BCUT2D eigenvalue weighted by Gasteiger charge is -2.33. The molecule has 1 rings (SSSR count). The summed E-state index contributed by atoms with van der Waals surface area (Å²) in [5.41, 5.74) is 11.9. The van der Waals surface area contributed by atoms with Gasteiger partial charge in [-0.1, -0.05) is 30.1 Å². The fourth-order valence-corrected chi connectivity index (χ4v) is 2.33. The van der Waals surface area contributed by atoms with Gasteiger partial charge in [0.1, 0.15) is 0 Å². The maximum Gasteiger partial charge on any atom is 0.194 e. The predicted octanol–water partition coefficient (Wildman–Crippen LogP) is 2.35. The Hall–Kier alpha value is -0.520. The van der Waals surface area contributed by atoms with Gasteiger partial charge >= 0.3 is 0 Å². The van der Waals surface area contributed by atoms with Gasteiger partial charge in [-0.05, 0) is 25.1 Å². The molecule has 102 valence electrons. The maximum absolute atomic E-state index is 10.6. The number of benzene rings is 1. The highest BCUT2D eigenvalue weighted by molar-refractivity contribution is 6.38. The molecule has 0 aliphatic rings. The number of hydrogen-bond acceptors (Lipinski definition) is 4. The number of methoxy groups -OCH3 is 1. The highest BCUT2D eigenvalue weighted by Gasteiger charge is 2.36. The van der Waals surface area contributed by atoms with Crippen LogP contribution in [0.15, 0.2) is 12.1 Å². The molecule has 0 amide bonds. The van der Waals surface area contributed by atoms with Gasteiger partial charge in [0.25, 0.3) is 0 Å². The quantitative estimate of drug-likeness (QED) is 0.575. The van der Waals surface area contributed by atoms with Crippen molar-refractivity contribution in [2.24, 2.45) is 11.7 Å². The number of halogens is 2. The molecule has 5 N–H and O–H groups in total. The molecule has 0 aliphatic heterocycles. The molecule has 2 unspecified atom stereocenters. The van der Waals surface area contributed by atoms with E-state index in [0.717, 1.165) is 0 Å². The van der Waals surface area contributed by atoms with Crippen LogP contribution in [0.3, 0.4) is 0 Å². The average molecular weight is 293 g/mol. The topological polar surface area (TPSA) is 81.5 Å². The van der Waals surface area contributed by atoms with E-state index >= 15 is 0 Å². The second-order valence-corrected chi connectivity index (χ2v) is 5.05. The van der Waals surface area contributed by atoms with Crippen molar-refractivity contribution in [3.05, 3.63) is 27.7 Å². The van der Waals surface area contributed by atoms with Gasteiger partial charge in [-0.25, -0.2) is 0 Å². The van der Waals surface area contributed by atoms with E-state index < -0.39 is 5.79 Å². The molecule has 1 aromatic carbocycles. The zero-order valence-corrected chi connectivity index (χ0v) is 11.9. The van der Waals surface area contributed by atoms with Crippen LogP contribution in [0.5, 0.6) is 0 Å². The van der Waals surface area contributed by atoms with E-state index in [4.69, 9.17) is 39.4 Å². The van der Waals surface area contributed by atoms with Gasteiger partial charge in [-0.2, -0.15) is 0 Å². The average Bonchev–Trinajstić information content (AvgIpc) is 2.34. The standard InChI is InChI=1S/C12H18Cl2N2O2/c1-7(3-4-15)12(17,18-2)8-5-9(13)11(16)10(14)6-8/h5-7,17H,3-4,15-16H2,1-2H3. The van der Waals surface area contributed by atoms with Gasteiger partial charge in [0.15, 0.2) is 5.79 Å². The van der Waals surface area contributed by atoms with Crippen LogP contribution in [0, 0.1) is 5.92 Å². The summed E-state index contributed by atoms with van der Waals surface area (Å²) in [5, 5.41) is 11.2. The summed E-state index contributed by atoms with van der Waals surface area (Å²) >= 11 is 11.9. The van der Waals surface area contributed by atoms with Crippen LogP contribution >= 0.6 is 23.2 Å². The Labute approximate surface area is 117 Å². The molecule has 0 spiro atoms. The minimum Gasteiger partial charge on any atom is -0.396 e. The molecule has 0 saturated carbocycles. The summed E-state index contributed by atoms with van der Waals surface area (Å²) in [6.07, 6.45) is 0.601. The number of ether oxygens (including phenoxy) is 1. The highest BCUT2D eigenvalue weighted by Crippen LogP contribution is 2.38. The summed E-state index contributed by atoms with van der Waals surface area (Å²) in [4.78, 5) is 0. The summed E-state index contributed by atoms with van der Waals surface area (Å²) in [6, 6.07) is 3.11. The van der Waals surface area contributed by atoms with E-state index in [0.29, 0.717) is 18.5 Å². The molecule has 0 heterocycles. The second kappa shape index (κ2) is 6.08. The summed E-state index contributed by atoms with van der Waals surface area (Å²) < 4.78 is 5.23. The molecule has 0 fully saturated rings. The monoisotopic (exact) mass is 292 g/mol. The third-order valence-electron chi connectivity index (χ3n) is 3.07. The van der Waals surface area contributed by atoms with Gasteiger partial charge < -0.3 is 21.3 Å². The predicted molar refractivity (Wildman–Crippen MR) is 74.6 cm³/mol. The fourth-order valence-electron chi connectivity index (χ4n) is 1.84. The first-order valence-corrected chi connectivity index (χ1v) is 6.35. The third-order valence-corrected chi connectivity index (χ3v) is 3.70. The molecule has 6 heteroatoms. The molecule has 18 heavy (non-hydrogen) atoms. The Morgan fingerprint density at radius 3 is 2.28 bits per heavy atom. The lowest BCUT2D eigenvalue weighted by atomic mass is 9.90. The fraction of sp³-hybridized carbons (Fsp3) is 0.500. The number of hydrogen-bond donors (Lipinski definition) is 3.